The van der Waals surface area contributed by atoms with E-state index in [-0.39, 0.29) is 19.6 Å². The first-order chi connectivity index (χ1) is 11.6. The molecule has 2 heterocycles. The lowest BCUT2D eigenvalue weighted by atomic mass is 10.1. The van der Waals surface area contributed by atoms with Gasteiger partial charge in [-0.1, -0.05) is 30.3 Å². The Morgan fingerprint density at radius 3 is 2.50 bits per heavy atom. The number of carboxylic acids is 1. The molecule has 0 unspecified atom stereocenters. The van der Waals surface area contributed by atoms with Crippen LogP contribution in [0.5, 0.6) is 0 Å². The number of rotatable bonds is 3. The number of hydrogen-bond acceptors (Lipinski definition) is 5. The van der Waals surface area contributed by atoms with Gasteiger partial charge in [-0.3, -0.25) is 4.90 Å². The Morgan fingerprint density at radius 2 is 1.88 bits per heavy atom. The van der Waals surface area contributed by atoms with E-state index in [0.717, 1.165) is 18.4 Å². The lowest BCUT2D eigenvalue weighted by Crippen LogP contribution is -2.42. The fourth-order valence-electron chi connectivity index (χ4n) is 3.02. The normalized spacial score (nSPS) is 23.0. The summed E-state index contributed by atoms with van der Waals surface area (Å²) in [5.74, 6) is -2.12. The minimum atomic E-state index is -1.08. The number of aliphatic carboxylic acids is 1. The molecule has 1 aromatic rings. The number of amides is 1. The number of carbonyl (C=O) groups is 2. The largest absolute Gasteiger partial charge is 0.480 e. The molecular formula is C17H21NO6. The summed E-state index contributed by atoms with van der Waals surface area (Å²) in [7, 11) is 0. The summed E-state index contributed by atoms with van der Waals surface area (Å²) in [6.45, 7) is 1.16. The number of benzene rings is 1. The molecule has 2 aliphatic rings. The van der Waals surface area contributed by atoms with Gasteiger partial charge in [-0.25, -0.2) is 9.59 Å². The van der Waals surface area contributed by atoms with Crippen LogP contribution in [0.1, 0.15) is 24.8 Å². The van der Waals surface area contributed by atoms with Crippen LogP contribution in [-0.4, -0.2) is 53.7 Å². The van der Waals surface area contributed by atoms with Gasteiger partial charge in [-0.2, -0.15) is 0 Å². The summed E-state index contributed by atoms with van der Waals surface area (Å²) in [6, 6.07) is 8.24. The summed E-state index contributed by atoms with van der Waals surface area (Å²) in [5, 5.41) is 9.44. The highest BCUT2D eigenvalue weighted by atomic mass is 16.7. The van der Waals surface area contributed by atoms with E-state index < -0.39 is 23.9 Å². The molecule has 0 saturated carbocycles. The Labute approximate surface area is 140 Å². The third-order valence-electron chi connectivity index (χ3n) is 4.29. The number of nitrogens with zero attached hydrogens (tertiary/aromatic N) is 1. The van der Waals surface area contributed by atoms with Gasteiger partial charge in [0.1, 0.15) is 12.6 Å². The molecular weight excluding hydrogens is 314 g/mol. The van der Waals surface area contributed by atoms with Crippen LogP contribution in [0.4, 0.5) is 4.79 Å². The predicted molar refractivity (Wildman–Crippen MR) is 83.2 cm³/mol. The first-order valence-corrected chi connectivity index (χ1v) is 8.08. The SMILES string of the molecule is O=C(O)[C@@H]1CC2(CN1C(=O)OCc1ccccc1)OCCCCO2. The molecule has 2 fully saturated rings. The number of hydrogen-bond donors (Lipinski definition) is 1. The molecule has 24 heavy (non-hydrogen) atoms. The smallest absolute Gasteiger partial charge is 0.411 e. The van der Waals surface area contributed by atoms with Crippen LogP contribution < -0.4 is 0 Å². The number of carbonyl (C=O) groups excluding carboxylic acids is 1. The zero-order valence-electron chi connectivity index (χ0n) is 13.3. The van der Waals surface area contributed by atoms with E-state index in [1.54, 1.807) is 0 Å². The minimum Gasteiger partial charge on any atom is -0.480 e. The highest BCUT2D eigenvalue weighted by molar-refractivity contribution is 5.81. The van der Waals surface area contributed by atoms with E-state index in [4.69, 9.17) is 14.2 Å². The summed E-state index contributed by atoms with van der Waals surface area (Å²) in [6.07, 6.45) is 1.16. The Balaban J connectivity index is 1.67. The Kier molecular flexibility index (Phi) is 5.01. The van der Waals surface area contributed by atoms with Crippen LogP contribution in [-0.2, 0) is 25.6 Å². The second-order valence-electron chi connectivity index (χ2n) is 6.04. The fraction of sp³-hybridized carbons (Fsp3) is 0.529. The number of likely N-dealkylation sites (tertiary alicyclic amines) is 1. The van der Waals surface area contributed by atoms with Gasteiger partial charge in [0, 0.05) is 6.42 Å². The third kappa shape index (κ3) is 3.68. The average Bonchev–Trinajstić information content (AvgIpc) is 2.81. The summed E-state index contributed by atoms with van der Waals surface area (Å²) in [4.78, 5) is 25.1. The lowest BCUT2D eigenvalue weighted by molar-refractivity contribution is -0.215. The van der Waals surface area contributed by atoms with Crippen LogP contribution in [0.2, 0.25) is 0 Å². The Hall–Kier alpha value is -2.12. The molecule has 2 saturated heterocycles. The maximum absolute atomic E-state index is 12.4. The van der Waals surface area contributed by atoms with Crippen LogP contribution in [0.15, 0.2) is 30.3 Å². The predicted octanol–water partition coefficient (Wildman–Crippen LogP) is 2.01. The molecule has 3 rings (SSSR count). The zero-order valence-corrected chi connectivity index (χ0v) is 13.3. The summed E-state index contributed by atoms with van der Waals surface area (Å²) >= 11 is 0. The van der Waals surface area contributed by atoms with E-state index in [2.05, 4.69) is 0 Å². The molecule has 7 heteroatoms. The average molecular weight is 335 g/mol. The van der Waals surface area contributed by atoms with Gasteiger partial charge in [-0.15, -0.1) is 0 Å². The van der Waals surface area contributed by atoms with Gasteiger partial charge >= 0.3 is 12.1 Å². The van der Waals surface area contributed by atoms with Crippen molar-refractivity contribution in [2.75, 3.05) is 19.8 Å². The molecule has 7 nitrogen and oxygen atoms in total. The first-order valence-electron chi connectivity index (χ1n) is 8.08. The van der Waals surface area contributed by atoms with E-state index in [1.807, 2.05) is 30.3 Å². The van der Waals surface area contributed by atoms with E-state index in [1.165, 1.54) is 4.90 Å². The molecule has 0 bridgehead atoms. The summed E-state index contributed by atoms with van der Waals surface area (Å²) < 4.78 is 16.8. The molecule has 1 spiro atoms. The molecule has 1 N–H and O–H groups in total. The van der Waals surface area contributed by atoms with Crippen LogP contribution in [0.3, 0.4) is 0 Å². The molecule has 130 valence electrons. The quantitative estimate of drug-likeness (QED) is 0.909. The molecule has 0 radical (unpaired) electrons. The summed E-state index contributed by atoms with van der Waals surface area (Å²) in [5.41, 5.74) is 0.841. The highest BCUT2D eigenvalue weighted by Crippen LogP contribution is 2.34. The molecule has 2 aliphatic heterocycles. The van der Waals surface area contributed by atoms with Crippen molar-refractivity contribution in [1.29, 1.82) is 0 Å². The fourth-order valence-corrected chi connectivity index (χ4v) is 3.02. The van der Waals surface area contributed by atoms with Crippen molar-refractivity contribution >= 4 is 12.1 Å². The Bertz CT molecular complexity index is 582. The van der Waals surface area contributed by atoms with Crippen molar-refractivity contribution < 1.29 is 28.9 Å². The molecule has 1 aromatic carbocycles. The Morgan fingerprint density at radius 1 is 1.21 bits per heavy atom. The van der Waals surface area contributed by atoms with Crippen LogP contribution >= 0.6 is 0 Å². The van der Waals surface area contributed by atoms with Gasteiger partial charge in [-0.05, 0) is 18.4 Å². The first kappa shape index (κ1) is 16.7. The standard InChI is InChI=1S/C17H21NO6/c19-15(20)14-10-17(23-8-4-5-9-24-17)12-18(14)16(21)22-11-13-6-2-1-3-7-13/h1-3,6-7,14H,4-5,8-12H2,(H,19,20)/t14-/m0/s1. The van der Waals surface area contributed by atoms with Crippen LogP contribution in [0, 0.1) is 0 Å². The van der Waals surface area contributed by atoms with Crippen molar-refractivity contribution in [2.24, 2.45) is 0 Å². The van der Waals surface area contributed by atoms with E-state index in [0.29, 0.717) is 13.2 Å². The maximum atomic E-state index is 12.4. The van der Waals surface area contributed by atoms with E-state index in [9.17, 15) is 14.7 Å². The molecule has 1 amide bonds. The number of carboxylic acid groups (broad SMARTS) is 1. The van der Waals surface area contributed by atoms with Crippen LogP contribution in [0.25, 0.3) is 0 Å². The van der Waals surface area contributed by atoms with Gasteiger partial charge in [0.2, 0.25) is 0 Å². The van der Waals surface area contributed by atoms with Crippen molar-refractivity contribution in [2.45, 2.75) is 37.7 Å². The lowest BCUT2D eigenvalue weighted by Gasteiger charge is -2.27. The molecule has 0 aromatic heterocycles. The monoisotopic (exact) mass is 335 g/mol. The van der Waals surface area contributed by atoms with Gasteiger partial charge in [0.25, 0.3) is 0 Å². The van der Waals surface area contributed by atoms with E-state index >= 15 is 0 Å². The number of ether oxygens (including phenoxy) is 3. The van der Waals surface area contributed by atoms with Gasteiger partial charge in [0.05, 0.1) is 19.8 Å². The zero-order chi connectivity index (χ0) is 17.0. The van der Waals surface area contributed by atoms with Crippen molar-refractivity contribution in [3.63, 3.8) is 0 Å². The second-order valence-corrected chi connectivity index (χ2v) is 6.04. The topological polar surface area (TPSA) is 85.3 Å². The van der Waals surface area contributed by atoms with Crippen molar-refractivity contribution in [1.82, 2.24) is 4.90 Å². The van der Waals surface area contributed by atoms with Gasteiger partial charge in [0.15, 0.2) is 5.79 Å². The highest BCUT2D eigenvalue weighted by Gasteiger charge is 2.52. The maximum Gasteiger partial charge on any atom is 0.411 e. The molecule has 1 atom stereocenters. The van der Waals surface area contributed by atoms with Gasteiger partial charge < -0.3 is 19.3 Å². The molecule has 0 aliphatic carbocycles. The second kappa shape index (κ2) is 7.19. The third-order valence-corrected chi connectivity index (χ3v) is 4.29. The minimum absolute atomic E-state index is 0.0671. The van der Waals surface area contributed by atoms with Crippen molar-refractivity contribution in [3.05, 3.63) is 35.9 Å². The van der Waals surface area contributed by atoms with Crippen molar-refractivity contribution in [3.8, 4) is 0 Å².